The van der Waals surface area contributed by atoms with Crippen LogP contribution in [0, 0.1) is 0 Å². The van der Waals surface area contributed by atoms with Crippen LogP contribution in [0.3, 0.4) is 0 Å². The third-order valence-corrected chi connectivity index (χ3v) is 3.00. The summed E-state index contributed by atoms with van der Waals surface area (Å²) >= 11 is 0. The highest BCUT2D eigenvalue weighted by molar-refractivity contribution is 5.98. The van der Waals surface area contributed by atoms with E-state index < -0.39 is 0 Å². The van der Waals surface area contributed by atoms with E-state index in [0.29, 0.717) is 5.88 Å². The lowest BCUT2D eigenvalue weighted by molar-refractivity contribution is 0.403. The van der Waals surface area contributed by atoms with Gasteiger partial charge in [0.2, 0.25) is 5.88 Å². The number of benzene rings is 2. The van der Waals surface area contributed by atoms with Gasteiger partial charge >= 0.3 is 0 Å². The predicted molar refractivity (Wildman–Crippen MR) is 78.0 cm³/mol. The Kier molecular flexibility index (Phi) is 3.02. The van der Waals surface area contributed by atoms with Crippen molar-refractivity contribution >= 4 is 22.1 Å². The lowest BCUT2D eigenvalue weighted by atomic mass is 10.1. The smallest absolute Gasteiger partial charge is 0.223 e. The topological polar surface area (TPSA) is 34.1 Å². The molecule has 0 radical (unpaired) electrons. The second-order valence-corrected chi connectivity index (χ2v) is 4.21. The fourth-order valence-corrected chi connectivity index (χ4v) is 2.13. The van der Waals surface area contributed by atoms with Gasteiger partial charge in [0.05, 0.1) is 18.2 Å². The molecule has 3 nitrogen and oxygen atoms in total. The maximum absolute atomic E-state index is 5.35. The van der Waals surface area contributed by atoms with Crippen molar-refractivity contribution in [3.8, 4) is 5.88 Å². The van der Waals surface area contributed by atoms with Crippen LogP contribution in [0.4, 0.5) is 11.4 Å². The van der Waals surface area contributed by atoms with Crippen LogP contribution >= 0.6 is 0 Å². The van der Waals surface area contributed by atoms with E-state index in [0.717, 1.165) is 22.1 Å². The molecule has 0 aliphatic heterocycles. The number of ether oxygens (including phenoxy) is 1. The summed E-state index contributed by atoms with van der Waals surface area (Å²) in [6, 6.07) is 18.1. The number of anilines is 2. The number of nitrogens with one attached hydrogen (secondary N) is 1. The molecular formula is C16H14N2O. The number of aromatic nitrogens is 1. The Balaban J connectivity index is 2.13. The first kappa shape index (κ1) is 11.5. The molecule has 0 unspecified atom stereocenters. The number of nitrogens with zero attached hydrogens (tertiary/aromatic N) is 1. The second-order valence-electron chi connectivity index (χ2n) is 4.21. The van der Waals surface area contributed by atoms with Gasteiger partial charge in [0.1, 0.15) is 0 Å². The van der Waals surface area contributed by atoms with Crippen LogP contribution in [0.15, 0.2) is 60.8 Å². The van der Waals surface area contributed by atoms with E-state index in [-0.39, 0.29) is 0 Å². The van der Waals surface area contributed by atoms with E-state index in [1.807, 2.05) is 48.5 Å². The molecule has 0 amide bonds. The molecule has 0 spiro atoms. The monoisotopic (exact) mass is 250 g/mol. The lowest BCUT2D eigenvalue weighted by Crippen LogP contribution is -1.95. The zero-order valence-corrected chi connectivity index (χ0v) is 10.6. The van der Waals surface area contributed by atoms with Crippen LogP contribution in [-0.2, 0) is 0 Å². The summed E-state index contributed by atoms with van der Waals surface area (Å²) in [5.74, 6) is 0.636. The summed E-state index contributed by atoms with van der Waals surface area (Å²) in [4.78, 5) is 4.27. The minimum Gasteiger partial charge on any atom is -0.480 e. The molecule has 0 bridgehead atoms. The predicted octanol–water partition coefficient (Wildman–Crippen LogP) is 3.99. The Morgan fingerprint density at radius 1 is 0.947 bits per heavy atom. The summed E-state index contributed by atoms with van der Waals surface area (Å²) in [6.45, 7) is 0. The van der Waals surface area contributed by atoms with E-state index >= 15 is 0 Å². The van der Waals surface area contributed by atoms with Crippen LogP contribution in [-0.4, -0.2) is 12.1 Å². The van der Waals surface area contributed by atoms with Crippen molar-refractivity contribution in [2.24, 2.45) is 0 Å². The van der Waals surface area contributed by atoms with Gasteiger partial charge in [-0.3, -0.25) is 0 Å². The molecule has 0 saturated carbocycles. The zero-order valence-electron chi connectivity index (χ0n) is 10.6. The highest BCUT2D eigenvalue weighted by Crippen LogP contribution is 2.32. The molecule has 3 rings (SSSR count). The minimum atomic E-state index is 0.636. The fraction of sp³-hybridized carbons (Fsp3) is 0.0625. The van der Waals surface area contributed by atoms with Crippen molar-refractivity contribution < 1.29 is 4.74 Å². The Hall–Kier alpha value is -2.55. The van der Waals surface area contributed by atoms with Gasteiger partial charge in [0.15, 0.2) is 0 Å². The van der Waals surface area contributed by atoms with Crippen molar-refractivity contribution in [2.75, 3.05) is 12.4 Å². The average Bonchev–Trinajstić information content (AvgIpc) is 2.48. The molecule has 1 N–H and O–H groups in total. The summed E-state index contributed by atoms with van der Waals surface area (Å²) in [5, 5.41) is 5.50. The van der Waals surface area contributed by atoms with Gasteiger partial charge < -0.3 is 10.1 Å². The number of para-hydroxylation sites is 1. The number of rotatable bonds is 3. The highest BCUT2D eigenvalue weighted by Gasteiger charge is 2.07. The van der Waals surface area contributed by atoms with Crippen molar-refractivity contribution in [1.29, 1.82) is 0 Å². The molecule has 94 valence electrons. The lowest BCUT2D eigenvalue weighted by Gasteiger charge is -2.11. The molecule has 2 aromatic carbocycles. The largest absolute Gasteiger partial charge is 0.480 e. The maximum atomic E-state index is 5.35. The molecule has 3 heteroatoms. The van der Waals surface area contributed by atoms with Gasteiger partial charge in [-0.15, -0.1) is 0 Å². The van der Waals surface area contributed by atoms with Crippen LogP contribution in [0.2, 0.25) is 0 Å². The number of pyridine rings is 1. The Bertz CT molecular complexity index is 690. The standard InChI is InChI=1S/C16H14N2O/c1-19-16-15-12(10-11-17-16)6-5-9-14(15)18-13-7-3-2-4-8-13/h2-11,18H,1H3. The first-order valence-corrected chi connectivity index (χ1v) is 6.12. The normalized spacial score (nSPS) is 10.4. The number of hydrogen-bond acceptors (Lipinski definition) is 3. The molecule has 0 saturated heterocycles. The van der Waals surface area contributed by atoms with E-state index in [9.17, 15) is 0 Å². The van der Waals surface area contributed by atoms with Crippen molar-refractivity contribution in [1.82, 2.24) is 4.98 Å². The molecule has 1 aromatic heterocycles. The van der Waals surface area contributed by atoms with Crippen LogP contribution in [0.25, 0.3) is 10.8 Å². The first-order valence-electron chi connectivity index (χ1n) is 6.12. The molecule has 3 aromatic rings. The molecule has 19 heavy (non-hydrogen) atoms. The molecule has 0 aliphatic carbocycles. The third kappa shape index (κ3) is 2.22. The van der Waals surface area contributed by atoms with Crippen molar-refractivity contribution in [3.05, 3.63) is 60.8 Å². The third-order valence-electron chi connectivity index (χ3n) is 3.00. The van der Waals surface area contributed by atoms with E-state index in [1.165, 1.54) is 0 Å². The molecule has 0 aliphatic rings. The Morgan fingerprint density at radius 2 is 1.79 bits per heavy atom. The number of methoxy groups -OCH3 is 1. The van der Waals surface area contributed by atoms with Gasteiger partial charge in [0.25, 0.3) is 0 Å². The Labute approximate surface area is 111 Å². The van der Waals surface area contributed by atoms with Crippen LogP contribution in [0.5, 0.6) is 5.88 Å². The van der Waals surface area contributed by atoms with Gasteiger partial charge in [-0.2, -0.15) is 0 Å². The molecule has 1 heterocycles. The Morgan fingerprint density at radius 3 is 2.58 bits per heavy atom. The summed E-state index contributed by atoms with van der Waals surface area (Å²) < 4.78 is 5.35. The highest BCUT2D eigenvalue weighted by atomic mass is 16.5. The van der Waals surface area contributed by atoms with Crippen LogP contribution in [0.1, 0.15) is 0 Å². The average molecular weight is 250 g/mol. The molecule has 0 atom stereocenters. The maximum Gasteiger partial charge on any atom is 0.223 e. The van der Waals surface area contributed by atoms with Gasteiger partial charge in [-0.05, 0) is 29.7 Å². The van der Waals surface area contributed by atoms with Gasteiger partial charge in [-0.1, -0.05) is 30.3 Å². The summed E-state index contributed by atoms with van der Waals surface area (Å²) in [6.07, 6.45) is 1.76. The second kappa shape index (κ2) is 4.98. The van der Waals surface area contributed by atoms with Crippen molar-refractivity contribution in [2.45, 2.75) is 0 Å². The summed E-state index contributed by atoms with van der Waals surface area (Å²) in [5.41, 5.74) is 2.04. The van der Waals surface area contributed by atoms with Gasteiger partial charge in [-0.25, -0.2) is 4.98 Å². The van der Waals surface area contributed by atoms with Gasteiger partial charge in [0, 0.05) is 11.9 Å². The van der Waals surface area contributed by atoms with E-state index in [2.05, 4.69) is 16.4 Å². The molecule has 0 fully saturated rings. The van der Waals surface area contributed by atoms with E-state index in [1.54, 1.807) is 13.3 Å². The zero-order chi connectivity index (χ0) is 13.1. The number of fused-ring (bicyclic) bond motifs is 1. The van der Waals surface area contributed by atoms with Crippen LogP contribution < -0.4 is 10.1 Å². The first-order chi connectivity index (χ1) is 9.38. The quantitative estimate of drug-likeness (QED) is 0.763. The van der Waals surface area contributed by atoms with Crippen molar-refractivity contribution in [3.63, 3.8) is 0 Å². The summed E-state index contributed by atoms with van der Waals surface area (Å²) in [7, 11) is 1.64. The molecular weight excluding hydrogens is 236 g/mol. The fourth-order valence-electron chi connectivity index (χ4n) is 2.13. The minimum absolute atomic E-state index is 0.636. The number of hydrogen-bond donors (Lipinski definition) is 1. The SMILES string of the molecule is COc1nccc2cccc(Nc3ccccc3)c12. The van der Waals surface area contributed by atoms with E-state index in [4.69, 9.17) is 4.74 Å².